The van der Waals surface area contributed by atoms with Crippen molar-refractivity contribution in [2.24, 2.45) is 0 Å². The molecular weight excluding hydrogens is 176 g/mol. The van der Waals surface area contributed by atoms with Crippen molar-refractivity contribution >= 4 is 5.69 Å². The van der Waals surface area contributed by atoms with Crippen molar-refractivity contribution in [2.45, 2.75) is 0 Å². The highest BCUT2D eigenvalue weighted by atomic mass is 19.2. The molecule has 1 aromatic rings. The average molecular weight is 185 g/mol. The van der Waals surface area contributed by atoms with Crippen LogP contribution in [0.1, 0.15) is 0 Å². The topological polar surface area (TPSA) is 35.2 Å². The molecule has 0 amide bonds. The molecule has 0 radical (unpaired) electrons. The molecule has 0 aliphatic carbocycles. The van der Waals surface area contributed by atoms with Gasteiger partial charge in [-0.05, 0) is 12.1 Å². The van der Waals surface area contributed by atoms with Crippen LogP contribution in [0, 0.1) is 11.6 Å². The van der Waals surface area contributed by atoms with Crippen LogP contribution in [0.5, 0.6) is 5.75 Å². The number of nitrogens with two attached hydrogens (primary N) is 1. The Morgan fingerprint density at radius 3 is 2.77 bits per heavy atom. The molecule has 0 aliphatic heterocycles. The van der Waals surface area contributed by atoms with Gasteiger partial charge in [0.1, 0.15) is 6.61 Å². The van der Waals surface area contributed by atoms with Crippen molar-refractivity contribution < 1.29 is 13.5 Å². The fraction of sp³-hybridized carbons (Fsp3) is 0.111. The Kier molecular flexibility index (Phi) is 2.84. The van der Waals surface area contributed by atoms with Crippen LogP contribution in [0.25, 0.3) is 0 Å². The molecule has 0 heterocycles. The zero-order valence-electron chi connectivity index (χ0n) is 6.89. The van der Waals surface area contributed by atoms with Crippen molar-refractivity contribution in [1.29, 1.82) is 0 Å². The van der Waals surface area contributed by atoms with Crippen LogP contribution in [0.15, 0.2) is 24.8 Å². The first-order chi connectivity index (χ1) is 6.16. The minimum atomic E-state index is -1.07. The van der Waals surface area contributed by atoms with Crippen molar-refractivity contribution in [3.63, 3.8) is 0 Å². The molecule has 0 saturated heterocycles. The second kappa shape index (κ2) is 3.89. The molecule has 0 saturated carbocycles. The molecule has 0 fully saturated rings. The van der Waals surface area contributed by atoms with Gasteiger partial charge in [-0.1, -0.05) is 12.7 Å². The standard InChI is InChI=1S/C9H9F2NO/c1-2-5-13-9-7(12)4-3-6(10)8(9)11/h2-4H,1,5,12H2. The number of nitrogen functional groups attached to an aromatic ring is 1. The number of rotatable bonds is 3. The van der Waals surface area contributed by atoms with E-state index in [1.54, 1.807) is 0 Å². The minimum absolute atomic E-state index is 0.0701. The van der Waals surface area contributed by atoms with Crippen LogP contribution < -0.4 is 10.5 Å². The Balaban J connectivity index is 3.02. The van der Waals surface area contributed by atoms with Gasteiger partial charge in [0, 0.05) is 0 Å². The second-order valence-corrected chi connectivity index (χ2v) is 2.38. The van der Waals surface area contributed by atoms with Crippen molar-refractivity contribution in [2.75, 3.05) is 12.3 Å². The highest BCUT2D eigenvalue weighted by Gasteiger charge is 2.12. The maximum absolute atomic E-state index is 13.0. The lowest BCUT2D eigenvalue weighted by Crippen LogP contribution is -2.01. The van der Waals surface area contributed by atoms with E-state index in [2.05, 4.69) is 6.58 Å². The minimum Gasteiger partial charge on any atom is -0.484 e. The number of ether oxygens (including phenoxy) is 1. The van der Waals surface area contributed by atoms with Gasteiger partial charge in [-0.15, -0.1) is 0 Å². The zero-order valence-corrected chi connectivity index (χ0v) is 6.89. The SMILES string of the molecule is C=CCOc1c(N)ccc(F)c1F. The first kappa shape index (κ1) is 9.51. The highest BCUT2D eigenvalue weighted by molar-refractivity contribution is 5.53. The van der Waals surface area contributed by atoms with Crippen LogP contribution in [0.2, 0.25) is 0 Å². The summed E-state index contributed by atoms with van der Waals surface area (Å²) in [6.45, 7) is 3.46. The van der Waals surface area contributed by atoms with Gasteiger partial charge in [0.2, 0.25) is 5.82 Å². The molecule has 2 N–H and O–H groups in total. The summed E-state index contributed by atoms with van der Waals surface area (Å²) in [6, 6.07) is 2.20. The Hall–Kier alpha value is -1.58. The molecule has 0 aliphatic rings. The quantitative estimate of drug-likeness (QED) is 0.578. The van der Waals surface area contributed by atoms with E-state index >= 15 is 0 Å². The molecule has 0 spiro atoms. The van der Waals surface area contributed by atoms with Crippen molar-refractivity contribution in [1.82, 2.24) is 0 Å². The van der Waals surface area contributed by atoms with Gasteiger partial charge in [0.05, 0.1) is 5.69 Å². The Morgan fingerprint density at radius 2 is 2.15 bits per heavy atom. The van der Waals surface area contributed by atoms with Gasteiger partial charge in [-0.2, -0.15) is 4.39 Å². The Labute approximate surface area is 74.6 Å². The summed E-state index contributed by atoms with van der Waals surface area (Å²) in [5.74, 6) is -2.31. The van der Waals surface area contributed by atoms with Crippen LogP contribution in [0.3, 0.4) is 0 Å². The van der Waals surface area contributed by atoms with E-state index in [0.717, 1.165) is 6.07 Å². The maximum atomic E-state index is 13.0. The normalized spacial score (nSPS) is 9.69. The van der Waals surface area contributed by atoms with Crippen molar-refractivity contribution in [3.05, 3.63) is 36.4 Å². The first-order valence-corrected chi connectivity index (χ1v) is 3.64. The van der Waals surface area contributed by atoms with E-state index < -0.39 is 11.6 Å². The molecular formula is C9H9F2NO. The van der Waals surface area contributed by atoms with E-state index in [4.69, 9.17) is 10.5 Å². The summed E-state index contributed by atoms with van der Waals surface area (Å²) in [4.78, 5) is 0. The molecule has 0 atom stereocenters. The lowest BCUT2D eigenvalue weighted by Gasteiger charge is -2.07. The van der Waals surface area contributed by atoms with E-state index in [-0.39, 0.29) is 18.0 Å². The molecule has 2 nitrogen and oxygen atoms in total. The zero-order chi connectivity index (χ0) is 9.84. The second-order valence-electron chi connectivity index (χ2n) is 2.38. The third-order valence-electron chi connectivity index (χ3n) is 1.43. The van der Waals surface area contributed by atoms with Gasteiger partial charge in [0.15, 0.2) is 11.6 Å². The summed E-state index contributed by atoms with van der Waals surface area (Å²) in [6.07, 6.45) is 1.42. The molecule has 13 heavy (non-hydrogen) atoms. The highest BCUT2D eigenvalue weighted by Crippen LogP contribution is 2.26. The van der Waals surface area contributed by atoms with Crippen LogP contribution in [-0.4, -0.2) is 6.61 Å². The lowest BCUT2D eigenvalue weighted by atomic mass is 10.3. The van der Waals surface area contributed by atoms with E-state index in [0.29, 0.717) is 0 Å². The van der Waals surface area contributed by atoms with Gasteiger partial charge in [-0.3, -0.25) is 0 Å². The van der Waals surface area contributed by atoms with E-state index in [1.165, 1.54) is 12.1 Å². The molecule has 0 aromatic heterocycles. The van der Waals surface area contributed by atoms with Crippen molar-refractivity contribution in [3.8, 4) is 5.75 Å². The van der Waals surface area contributed by atoms with Crippen LogP contribution in [-0.2, 0) is 0 Å². The van der Waals surface area contributed by atoms with Gasteiger partial charge in [-0.25, -0.2) is 4.39 Å². The monoisotopic (exact) mass is 185 g/mol. The summed E-state index contributed by atoms with van der Waals surface area (Å²) >= 11 is 0. The predicted molar refractivity (Wildman–Crippen MR) is 46.5 cm³/mol. The fourth-order valence-electron chi connectivity index (χ4n) is 0.836. The van der Waals surface area contributed by atoms with Gasteiger partial charge >= 0.3 is 0 Å². The number of anilines is 1. The summed E-state index contributed by atoms with van der Waals surface area (Å²) in [5, 5.41) is 0. The summed E-state index contributed by atoms with van der Waals surface area (Å²) < 4.78 is 30.5. The van der Waals surface area contributed by atoms with Gasteiger partial charge in [0.25, 0.3) is 0 Å². The number of hydrogen-bond donors (Lipinski definition) is 1. The average Bonchev–Trinajstić information content (AvgIpc) is 2.12. The molecule has 1 aromatic carbocycles. The smallest absolute Gasteiger partial charge is 0.202 e. The Morgan fingerprint density at radius 1 is 1.46 bits per heavy atom. The van der Waals surface area contributed by atoms with E-state index in [9.17, 15) is 8.78 Å². The lowest BCUT2D eigenvalue weighted by molar-refractivity contribution is 0.335. The predicted octanol–water partition coefficient (Wildman–Crippen LogP) is 2.11. The van der Waals surface area contributed by atoms with E-state index in [1.807, 2.05) is 0 Å². The van der Waals surface area contributed by atoms with Crippen LogP contribution in [0.4, 0.5) is 14.5 Å². The molecule has 0 unspecified atom stereocenters. The number of benzene rings is 1. The third kappa shape index (κ3) is 1.96. The molecule has 1 rings (SSSR count). The maximum Gasteiger partial charge on any atom is 0.202 e. The third-order valence-corrected chi connectivity index (χ3v) is 1.43. The van der Waals surface area contributed by atoms with Crippen LogP contribution >= 0.6 is 0 Å². The number of hydrogen-bond acceptors (Lipinski definition) is 2. The summed E-state index contributed by atoms with van der Waals surface area (Å²) in [5.41, 5.74) is 5.44. The Bertz CT molecular complexity index is 326. The molecule has 0 bridgehead atoms. The largest absolute Gasteiger partial charge is 0.484 e. The molecule has 4 heteroatoms. The summed E-state index contributed by atoms with van der Waals surface area (Å²) in [7, 11) is 0. The fourth-order valence-corrected chi connectivity index (χ4v) is 0.836. The molecule has 70 valence electrons. The first-order valence-electron chi connectivity index (χ1n) is 3.64. The van der Waals surface area contributed by atoms with Gasteiger partial charge < -0.3 is 10.5 Å². The number of halogens is 2.